The van der Waals surface area contributed by atoms with Crippen molar-refractivity contribution in [3.63, 3.8) is 0 Å². The molecule has 0 aliphatic rings. The van der Waals surface area contributed by atoms with E-state index in [9.17, 15) is 4.79 Å². The molecule has 1 amide bonds. The molecule has 0 atom stereocenters. The first-order valence-electron chi connectivity index (χ1n) is 11.2. The van der Waals surface area contributed by atoms with Crippen molar-refractivity contribution in [1.29, 1.82) is 0 Å². The number of carbonyl (C=O) groups excluding carboxylic acids is 1. The summed E-state index contributed by atoms with van der Waals surface area (Å²) in [6.45, 7) is 18.5. The summed E-state index contributed by atoms with van der Waals surface area (Å²) in [4.78, 5) is 22.7. The van der Waals surface area contributed by atoms with Crippen LogP contribution in [0.1, 0.15) is 61.7 Å². The van der Waals surface area contributed by atoms with E-state index in [1.54, 1.807) is 11.3 Å². The van der Waals surface area contributed by atoms with E-state index in [4.69, 9.17) is 4.98 Å². The molecule has 1 aromatic heterocycles. The summed E-state index contributed by atoms with van der Waals surface area (Å²) < 4.78 is 1.14. The molecule has 0 N–H and O–H groups in total. The maximum Gasteiger partial charge on any atom is 0.260 e. The number of likely N-dealkylation sites (N-methyl/N-ethyl adjacent to an activating group) is 1. The van der Waals surface area contributed by atoms with Crippen molar-refractivity contribution in [2.75, 3.05) is 31.1 Å². The molecule has 2 aromatic carbocycles. The van der Waals surface area contributed by atoms with E-state index in [-0.39, 0.29) is 11.3 Å². The van der Waals surface area contributed by atoms with Gasteiger partial charge >= 0.3 is 0 Å². The molecule has 0 aliphatic carbocycles. The summed E-state index contributed by atoms with van der Waals surface area (Å²) in [6.07, 6.45) is 0. The van der Waals surface area contributed by atoms with Crippen molar-refractivity contribution >= 4 is 32.6 Å². The number of benzene rings is 2. The van der Waals surface area contributed by atoms with Crippen LogP contribution in [0.3, 0.4) is 0 Å². The first kappa shape index (κ1) is 23.4. The molecule has 0 saturated carbocycles. The molecule has 5 heteroatoms. The Bertz CT molecular complexity index is 1040. The van der Waals surface area contributed by atoms with Crippen LogP contribution in [0.2, 0.25) is 0 Å². The van der Waals surface area contributed by atoms with Gasteiger partial charge in [0.2, 0.25) is 0 Å². The van der Waals surface area contributed by atoms with Crippen LogP contribution in [0.25, 0.3) is 10.2 Å². The fourth-order valence-corrected chi connectivity index (χ4v) is 4.97. The second-order valence-corrected chi connectivity index (χ2v) is 10.2. The van der Waals surface area contributed by atoms with E-state index in [0.717, 1.165) is 40.5 Å². The highest BCUT2D eigenvalue weighted by Crippen LogP contribution is 2.32. The number of amides is 1. The minimum atomic E-state index is 0.0149. The van der Waals surface area contributed by atoms with Gasteiger partial charge in [0.25, 0.3) is 5.91 Å². The predicted octanol–water partition coefficient (Wildman–Crippen LogP) is 6.20. The average Bonchev–Trinajstić information content (AvgIpc) is 3.14. The molecular formula is C26H35N3OS. The summed E-state index contributed by atoms with van der Waals surface area (Å²) in [5.41, 5.74) is 5.37. The molecular weight excluding hydrogens is 402 g/mol. The largest absolute Gasteiger partial charge is 0.302 e. The third-order valence-corrected chi connectivity index (χ3v) is 6.85. The number of carbonyl (C=O) groups is 1. The Labute approximate surface area is 190 Å². The number of nitrogens with zero attached hydrogens (tertiary/aromatic N) is 3. The van der Waals surface area contributed by atoms with Crippen molar-refractivity contribution in [1.82, 2.24) is 9.88 Å². The van der Waals surface area contributed by atoms with Gasteiger partial charge in [0.15, 0.2) is 5.13 Å². The SMILES string of the molecule is CCN(CC)CCN(C(=O)c1ccc(C(C)(C)C)cc1)c1nc2c(C)cc(C)cc2s1. The van der Waals surface area contributed by atoms with Gasteiger partial charge in [-0.3, -0.25) is 9.69 Å². The van der Waals surface area contributed by atoms with Gasteiger partial charge in [-0.05, 0) is 67.2 Å². The number of fused-ring (bicyclic) bond motifs is 1. The summed E-state index contributed by atoms with van der Waals surface area (Å²) >= 11 is 1.61. The topological polar surface area (TPSA) is 36.4 Å². The van der Waals surface area contributed by atoms with Gasteiger partial charge in [-0.1, -0.05) is 64.2 Å². The number of hydrogen-bond acceptors (Lipinski definition) is 4. The van der Waals surface area contributed by atoms with E-state index in [0.29, 0.717) is 12.1 Å². The second kappa shape index (κ2) is 9.49. The Morgan fingerprint density at radius 3 is 2.23 bits per heavy atom. The molecule has 1 heterocycles. The maximum absolute atomic E-state index is 13.6. The average molecular weight is 438 g/mol. The first-order chi connectivity index (χ1) is 14.6. The molecule has 0 aliphatic heterocycles. The molecule has 3 aromatic rings. The van der Waals surface area contributed by atoms with E-state index >= 15 is 0 Å². The van der Waals surface area contributed by atoms with Crippen molar-refractivity contribution in [2.45, 2.75) is 53.9 Å². The maximum atomic E-state index is 13.6. The number of aryl methyl sites for hydroxylation is 2. The third kappa shape index (κ3) is 5.34. The minimum Gasteiger partial charge on any atom is -0.302 e. The van der Waals surface area contributed by atoms with Gasteiger partial charge in [-0.25, -0.2) is 4.98 Å². The molecule has 4 nitrogen and oxygen atoms in total. The lowest BCUT2D eigenvalue weighted by molar-refractivity contribution is 0.0983. The molecule has 0 bridgehead atoms. The van der Waals surface area contributed by atoms with Crippen LogP contribution in [-0.2, 0) is 5.41 Å². The van der Waals surface area contributed by atoms with Crippen LogP contribution in [0.5, 0.6) is 0 Å². The van der Waals surface area contributed by atoms with E-state index < -0.39 is 0 Å². The van der Waals surface area contributed by atoms with Crippen LogP contribution >= 0.6 is 11.3 Å². The molecule has 0 fully saturated rings. The Balaban J connectivity index is 1.98. The third-order valence-electron chi connectivity index (χ3n) is 5.83. The Kier molecular flexibility index (Phi) is 7.17. The molecule has 3 rings (SSSR count). The van der Waals surface area contributed by atoms with Crippen LogP contribution in [0, 0.1) is 13.8 Å². The lowest BCUT2D eigenvalue weighted by atomic mass is 9.86. The Morgan fingerprint density at radius 1 is 1.00 bits per heavy atom. The quantitative estimate of drug-likeness (QED) is 0.441. The summed E-state index contributed by atoms with van der Waals surface area (Å²) in [6, 6.07) is 12.4. The van der Waals surface area contributed by atoms with Gasteiger partial charge in [0.1, 0.15) is 0 Å². The second-order valence-electron chi connectivity index (χ2n) is 9.24. The number of anilines is 1. The van der Waals surface area contributed by atoms with Crippen molar-refractivity contribution in [3.8, 4) is 0 Å². The smallest absolute Gasteiger partial charge is 0.260 e. The highest BCUT2D eigenvalue weighted by Gasteiger charge is 2.23. The van der Waals surface area contributed by atoms with Gasteiger partial charge in [0.05, 0.1) is 10.2 Å². The van der Waals surface area contributed by atoms with Crippen LogP contribution in [0.15, 0.2) is 36.4 Å². The Hall–Kier alpha value is -2.24. The zero-order valence-electron chi connectivity index (χ0n) is 20.0. The number of aromatic nitrogens is 1. The highest BCUT2D eigenvalue weighted by atomic mass is 32.1. The standard InChI is InChI=1S/C26H35N3OS/c1-8-28(9-2)14-15-29(24(30)20-10-12-21(13-11-20)26(5,6)7)25-27-23-19(4)16-18(3)17-22(23)31-25/h10-13,16-17H,8-9,14-15H2,1-7H3. The molecule has 166 valence electrons. The number of thiazole rings is 1. The van der Waals surface area contributed by atoms with E-state index in [1.807, 2.05) is 17.0 Å². The monoisotopic (exact) mass is 437 g/mol. The highest BCUT2D eigenvalue weighted by molar-refractivity contribution is 7.22. The fourth-order valence-electron chi connectivity index (χ4n) is 3.81. The number of rotatable bonds is 7. The lowest BCUT2D eigenvalue weighted by Crippen LogP contribution is -2.38. The first-order valence-corrected chi connectivity index (χ1v) is 12.0. The van der Waals surface area contributed by atoms with E-state index in [2.05, 4.69) is 77.6 Å². The van der Waals surface area contributed by atoms with Crippen LogP contribution < -0.4 is 4.90 Å². The lowest BCUT2D eigenvalue weighted by Gasteiger charge is -2.25. The van der Waals surface area contributed by atoms with Crippen LogP contribution in [0.4, 0.5) is 5.13 Å². The van der Waals surface area contributed by atoms with Crippen molar-refractivity contribution in [2.24, 2.45) is 0 Å². The Morgan fingerprint density at radius 2 is 1.65 bits per heavy atom. The molecule has 0 unspecified atom stereocenters. The van der Waals surface area contributed by atoms with Gasteiger partial charge in [0, 0.05) is 18.7 Å². The zero-order chi connectivity index (χ0) is 22.8. The van der Waals surface area contributed by atoms with E-state index in [1.165, 1.54) is 11.1 Å². The molecule has 0 saturated heterocycles. The summed E-state index contributed by atoms with van der Waals surface area (Å²) in [5.74, 6) is 0.0149. The number of hydrogen-bond donors (Lipinski definition) is 0. The molecule has 0 radical (unpaired) electrons. The zero-order valence-corrected chi connectivity index (χ0v) is 20.8. The molecule has 0 spiro atoms. The van der Waals surface area contributed by atoms with Crippen molar-refractivity contribution in [3.05, 3.63) is 58.7 Å². The summed E-state index contributed by atoms with van der Waals surface area (Å²) in [7, 11) is 0. The van der Waals surface area contributed by atoms with Crippen molar-refractivity contribution < 1.29 is 4.79 Å². The van der Waals surface area contributed by atoms with Crippen LogP contribution in [-0.4, -0.2) is 42.0 Å². The van der Waals surface area contributed by atoms with Gasteiger partial charge in [-0.15, -0.1) is 0 Å². The van der Waals surface area contributed by atoms with Gasteiger partial charge < -0.3 is 4.90 Å². The molecule has 31 heavy (non-hydrogen) atoms. The van der Waals surface area contributed by atoms with Gasteiger partial charge in [-0.2, -0.15) is 0 Å². The fraction of sp³-hybridized carbons (Fsp3) is 0.462. The normalized spacial score (nSPS) is 12.0. The minimum absolute atomic E-state index is 0.0149. The predicted molar refractivity (Wildman–Crippen MR) is 134 cm³/mol. The summed E-state index contributed by atoms with van der Waals surface area (Å²) in [5, 5.41) is 0.778.